The maximum atomic E-state index is 11.3. The highest BCUT2D eigenvalue weighted by Crippen LogP contribution is 2.04. The first-order chi connectivity index (χ1) is 9.06. The second-order valence-corrected chi connectivity index (χ2v) is 7.81. The first kappa shape index (κ1) is 19.2. The summed E-state index contributed by atoms with van der Waals surface area (Å²) >= 11 is 0. The molecule has 0 atom stereocenters. The summed E-state index contributed by atoms with van der Waals surface area (Å²) in [5.74, 6) is 1.35. The van der Waals surface area contributed by atoms with E-state index in [0.29, 0.717) is 12.5 Å². The third kappa shape index (κ3) is 11.0. The van der Waals surface area contributed by atoms with Crippen LogP contribution in [0.2, 0.25) is 0 Å². The van der Waals surface area contributed by atoms with Crippen LogP contribution >= 0.6 is 0 Å². The van der Waals surface area contributed by atoms with Gasteiger partial charge in [0.1, 0.15) is 0 Å². The fraction of sp³-hybridized carbons (Fsp3) is 0.923. The van der Waals surface area contributed by atoms with Crippen molar-refractivity contribution >= 4 is 16.0 Å². The largest absolute Gasteiger partial charge is 0.357 e. The Labute approximate surface area is 123 Å². The minimum Gasteiger partial charge on any atom is -0.357 e. The first-order valence-electron chi connectivity index (χ1n) is 7.07. The number of nitrogens with zero attached hydrogens (tertiary/aromatic N) is 1. The predicted octanol–water partition coefficient (Wildman–Crippen LogP) is 0.915. The third-order valence-corrected chi connectivity index (χ3v) is 3.38. The molecule has 0 spiro atoms. The molecule has 0 rings (SSSR count). The number of hydrogen-bond acceptors (Lipinski definition) is 3. The molecule has 3 N–H and O–H groups in total. The van der Waals surface area contributed by atoms with Gasteiger partial charge >= 0.3 is 0 Å². The summed E-state index contributed by atoms with van der Waals surface area (Å²) in [7, 11) is -3.23. The summed E-state index contributed by atoms with van der Waals surface area (Å²) in [6, 6.07) is 0. The van der Waals surface area contributed by atoms with E-state index in [-0.39, 0.29) is 0 Å². The quantitative estimate of drug-likeness (QED) is 0.460. The highest BCUT2D eigenvalue weighted by Gasteiger charge is 2.21. The lowest BCUT2D eigenvalue weighted by molar-refractivity contribution is 0.464. The van der Waals surface area contributed by atoms with Crippen molar-refractivity contribution in [2.45, 2.75) is 46.6 Å². The van der Waals surface area contributed by atoms with Crippen molar-refractivity contribution in [2.24, 2.45) is 10.9 Å². The van der Waals surface area contributed by atoms with Gasteiger partial charge in [-0.25, -0.2) is 13.1 Å². The topological polar surface area (TPSA) is 82.6 Å². The van der Waals surface area contributed by atoms with Gasteiger partial charge in [-0.05, 0) is 33.1 Å². The van der Waals surface area contributed by atoms with Gasteiger partial charge in [0.25, 0.3) is 0 Å². The number of rotatable bonds is 8. The van der Waals surface area contributed by atoms with E-state index in [2.05, 4.69) is 34.2 Å². The molecule has 0 saturated heterocycles. The van der Waals surface area contributed by atoms with Gasteiger partial charge in [-0.2, -0.15) is 0 Å². The number of nitrogens with one attached hydrogen (secondary N) is 3. The van der Waals surface area contributed by atoms with E-state index in [9.17, 15) is 8.42 Å². The van der Waals surface area contributed by atoms with Crippen molar-refractivity contribution in [3.8, 4) is 0 Å². The number of aliphatic imine (C=N–C) groups is 1. The molecule has 7 heteroatoms. The molecule has 0 saturated carbocycles. The van der Waals surface area contributed by atoms with Crippen molar-refractivity contribution < 1.29 is 8.42 Å². The zero-order chi connectivity index (χ0) is 15.8. The van der Waals surface area contributed by atoms with Crippen molar-refractivity contribution in [3.05, 3.63) is 0 Å². The molecule has 0 unspecified atom stereocenters. The van der Waals surface area contributed by atoms with Gasteiger partial charge in [0.15, 0.2) is 5.96 Å². The minimum absolute atomic E-state index is 0.372. The van der Waals surface area contributed by atoms with Crippen LogP contribution in [0.15, 0.2) is 4.99 Å². The Morgan fingerprint density at radius 2 is 1.85 bits per heavy atom. The van der Waals surface area contributed by atoms with E-state index in [1.807, 2.05) is 20.8 Å². The van der Waals surface area contributed by atoms with Crippen LogP contribution in [0.3, 0.4) is 0 Å². The van der Waals surface area contributed by atoms with E-state index in [4.69, 9.17) is 0 Å². The molecular formula is C13H30N4O2S. The lowest BCUT2D eigenvalue weighted by atomic mass is 10.1. The average molecular weight is 306 g/mol. The number of guanidine groups is 1. The van der Waals surface area contributed by atoms with E-state index in [1.165, 1.54) is 0 Å². The Balaban J connectivity index is 4.51. The monoisotopic (exact) mass is 306 g/mol. The van der Waals surface area contributed by atoms with Gasteiger partial charge < -0.3 is 10.6 Å². The van der Waals surface area contributed by atoms with Gasteiger partial charge in [-0.15, -0.1) is 0 Å². The molecule has 0 aliphatic heterocycles. The number of hydrogen-bond donors (Lipinski definition) is 3. The molecule has 6 nitrogen and oxygen atoms in total. The van der Waals surface area contributed by atoms with Crippen LogP contribution in [0.5, 0.6) is 0 Å². The Morgan fingerprint density at radius 3 is 2.30 bits per heavy atom. The van der Waals surface area contributed by atoms with Gasteiger partial charge in [-0.3, -0.25) is 4.99 Å². The maximum Gasteiger partial charge on any atom is 0.209 e. The molecule has 0 aliphatic rings. The Kier molecular flexibility index (Phi) is 8.12. The molecule has 20 heavy (non-hydrogen) atoms. The fourth-order valence-corrected chi connectivity index (χ4v) is 2.70. The van der Waals surface area contributed by atoms with Crippen LogP contribution in [0, 0.1) is 5.92 Å². The number of sulfonamides is 1. The highest BCUT2D eigenvalue weighted by atomic mass is 32.2. The fourth-order valence-electron chi connectivity index (χ4n) is 1.63. The van der Waals surface area contributed by atoms with Crippen molar-refractivity contribution in [3.63, 3.8) is 0 Å². The first-order valence-corrected chi connectivity index (χ1v) is 8.96. The summed E-state index contributed by atoms with van der Waals surface area (Å²) in [5, 5.41) is 6.40. The van der Waals surface area contributed by atoms with E-state index >= 15 is 0 Å². The van der Waals surface area contributed by atoms with Crippen LogP contribution in [-0.2, 0) is 10.0 Å². The second kappa shape index (κ2) is 8.46. The minimum atomic E-state index is -3.23. The highest BCUT2D eigenvalue weighted by molar-refractivity contribution is 7.88. The van der Waals surface area contributed by atoms with E-state index in [0.717, 1.165) is 31.7 Å². The van der Waals surface area contributed by atoms with E-state index in [1.54, 1.807) is 0 Å². The lowest BCUT2D eigenvalue weighted by Crippen LogP contribution is -2.46. The molecule has 0 bridgehead atoms. The zero-order valence-corrected chi connectivity index (χ0v) is 14.4. The lowest BCUT2D eigenvalue weighted by Gasteiger charge is -2.23. The Hall–Kier alpha value is -0.820. The van der Waals surface area contributed by atoms with E-state index < -0.39 is 15.6 Å². The Morgan fingerprint density at radius 1 is 1.25 bits per heavy atom. The molecular weight excluding hydrogens is 276 g/mol. The molecule has 0 radical (unpaired) electrons. The van der Waals surface area contributed by atoms with Crippen molar-refractivity contribution in [1.29, 1.82) is 0 Å². The summed E-state index contributed by atoms with van der Waals surface area (Å²) in [6.07, 6.45) is 2.22. The normalized spacial score (nSPS) is 13.7. The van der Waals surface area contributed by atoms with Gasteiger partial charge in [0, 0.05) is 18.6 Å². The van der Waals surface area contributed by atoms with Gasteiger partial charge in [0.2, 0.25) is 10.0 Å². The van der Waals surface area contributed by atoms with Crippen LogP contribution < -0.4 is 15.4 Å². The van der Waals surface area contributed by atoms with Crippen molar-refractivity contribution in [2.75, 3.05) is 25.9 Å². The van der Waals surface area contributed by atoms with Gasteiger partial charge in [0.05, 0.1) is 12.8 Å². The van der Waals surface area contributed by atoms with Crippen LogP contribution in [-0.4, -0.2) is 45.8 Å². The zero-order valence-electron chi connectivity index (χ0n) is 13.6. The van der Waals surface area contributed by atoms with Crippen molar-refractivity contribution in [1.82, 2.24) is 15.4 Å². The molecule has 0 heterocycles. The Bertz CT molecular complexity index is 403. The molecule has 120 valence electrons. The van der Waals surface area contributed by atoms with Crippen LogP contribution in [0.25, 0.3) is 0 Å². The van der Waals surface area contributed by atoms with Crippen LogP contribution in [0.1, 0.15) is 41.0 Å². The van der Waals surface area contributed by atoms with Gasteiger partial charge in [-0.1, -0.05) is 13.8 Å². The summed E-state index contributed by atoms with van der Waals surface area (Å²) in [4.78, 5) is 4.43. The maximum absolute atomic E-state index is 11.3. The summed E-state index contributed by atoms with van der Waals surface area (Å²) in [5.41, 5.74) is -0.603. The molecule has 0 aromatic carbocycles. The molecule has 0 fully saturated rings. The standard InChI is InChI=1S/C13H30N4O2S/c1-7-14-12(15-9-8-11(2)3)16-10-13(4,5)17-20(6,18)19/h11,17H,7-10H2,1-6H3,(H2,14,15,16). The SMILES string of the molecule is CCNC(=NCC(C)(C)NS(C)(=O)=O)NCCC(C)C. The van der Waals surface area contributed by atoms with Crippen LogP contribution in [0.4, 0.5) is 0 Å². The average Bonchev–Trinajstić information content (AvgIpc) is 2.22. The summed E-state index contributed by atoms with van der Waals surface area (Å²) in [6.45, 7) is 12.0. The molecule has 0 amide bonds. The smallest absolute Gasteiger partial charge is 0.209 e. The molecule has 0 aliphatic carbocycles. The molecule has 0 aromatic heterocycles. The summed E-state index contributed by atoms with van der Waals surface area (Å²) < 4.78 is 25.1. The third-order valence-electron chi connectivity index (χ3n) is 2.45. The second-order valence-electron chi connectivity index (χ2n) is 6.06. The predicted molar refractivity (Wildman–Crippen MR) is 85.5 cm³/mol. The molecule has 0 aromatic rings.